The first-order chi connectivity index (χ1) is 13.6. The average molecular weight is 384 g/mol. The van der Waals surface area contributed by atoms with E-state index >= 15 is 0 Å². The SMILES string of the molecule is CCCC(=O)Nc1ccc(CNC(=O)c2nnn(C3CCNCC3)c2C)cc1. The van der Waals surface area contributed by atoms with Crippen molar-refractivity contribution in [2.75, 3.05) is 18.4 Å². The molecule has 0 saturated carbocycles. The Morgan fingerprint density at radius 2 is 1.93 bits per heavy atom. The summed E-state index contributed by atoms with van der Waals surface area (Å²) >= 11 is 0. The standard InChI is InChI=1S/C20H28N6O2/c1-3-4-18(27)23-16-7-5-15(6-8-16)13-22-20(28)19-14(2)26(25-24-19)17-9-11-21-12-10-17/h5-8,17,21H,3-4,9-13H2,1-2H3,(H,22,28)(H,23,27). The molecule has 28 heavy (non-hydrogen) atoms. The van der Waals surface area contributed by atoms with E-state index in [9.17, 15) is 9.59 Å². The maximum Gasteiger partial charge on any atom is 0.274 e. The average Bonchev–Trinajstić information content (AvgIpc) is 3.09. The molecular weight excluding hydrogens is 356 g/mol. The highest BCUT2D eigenvalue weighted by molar-refractivity contribution is 5.93. The highest BCUT2D eigenvalue weighted by Gasteiger charge is 2.22. The third kappa shape index (κ3) is 4.95. The Labute approximate surface area is 165 Å². The molecule has 0 spiro atoms. The van der Waals surface area contributed by atoms with Gasteiger partial charge in [-0.05, 0) is 57.0 Å². The molecule has 1 aromatic heterocycles. The molecule has 1 saturated heterocycles. The Balaban J connectivity index is 1.55. The number of carbonyl (C=O) groups is 2. The number of nitrogens with one attached hydrogen (secondary N) is 3. The first-order valence-corrected chi connectivity index (χ1v) is 9.88. The minimum Gasteiger partial charge on any atom is -0.347 e. The molecular formula is C20H28N6O2. The Bertz CT molecular complexity index is 809. The van der Waals surface area contributed by atoms with Gasteiger partial charge in [0.25, 0.3) is 5.91 Å². The highest BCUT2D eigenvalue weighted by Crippen LogP contribution is 2.20. The van der Waals surface area contributed by atoms with Gasteiger partial charge in [-0.25, -0.2) is 4.68 Å². The van der Waals surface area contributed by atoms with Crippen LogP contribution in [0.5, 0.6) is 0 Å². The van der Waals surface area contributed by atoms with Gasteiger partial charge in [-0.2, -0.15) is 0 Å². The molecule has 8 heteroatoms. The number of amides is 2. The lowest BCUT2D eigenvalue weighted by atomic mass is 10.1. The van der Waals surface area contributed by atoms with Gasteiger partial charge in [0.15, 0.2) is 5.69 Å². The Morgan fingerprint density at radius 3 is 2.61 bits per heavy atom. The van der Waals surface area contributed by atoms with Crippen molar-refractivity contribution in [2.45, 2.75) is 52.1 Å². The third-order valence-electron chi connectivity index (χ3n) is 4.96. The smallest absolute Gasteiger partial charge is 0.274 e. The monoisotopic (exact) mass is 384 g/mol. The quantitative estimate of drug-likeness (QED) is 0.679. The van der Waals surface area contributed by atoms with Gasteiger partial charge >= 0.3 is 0 Å². The van der Waals surface area contributed by atoms with E-state index in [1.165, 1.54) is 0 Å². The predicted molar refractivity (Wildman–Crippen MR) is 107 cm³/mol. The summed E-state index contributed by atoms with van der Waals surface area (Å²) in [7, 11) is 0. The van der Waals surface area contributed by atoms with E-state index < -0.39 is 0 Å². The van der Waals surface area contributed by atoms with Gasteiger partial charge in [-0.15, -0.1) is 5.10 Å². The molecule has 8 nitrogen and oxygen atoms in total. The van der Waals surface area contributed by atoms with Crippen molar-refractivity contribution >= 4 is 17.5 Å². The van der Waals surface area contributed by atoms with Crippen molar-refractivity contribution in [3.8, 4) is 0 Å². The molecule has 0 atom stereocenters. The maximum atomic E-state index is 12.5. The zero-order valence-electron chi connectivity index (χ0n) is 16.5. The zero-order valence-corrected chi connectivity index (χ0v) is 16.5. The van der Waals surface area contributed by atoms with E-state index in [4.69, 9.17) is 0 Å². The maximum absolute atomic E-state index is 12.5. The molecule has 1 fully saturated rings. The number of hydrogen-bond acceptors (Lipinski definition) is 5. The summed E-state index contributed by atoms with van der Waals surface area (Å²) < 4.78 is 1.88. The summed E-state index contributed by atoms with van der Waals surface area (Å²) in [5, 5.41) is 17.4. The topological polar surface area (TPSA) is 101 Å². The number of hydrogen-bond donors (Lipinski definition) is 3. The summed E-state index contributed by atoms with van der Waals surface area (Å²) in [6.45, 7) is 6.17. The lowest BCUT2D eigenvalue weighted by Crippen LogP contribution is -2.30. The van der Waals surface area contributed by atoms with Crippen molar-refractivity contribution < 1.29 is 9.59 Å². The minimum atomic E-state index is -0.224. The lowest BCUT2D eigenvalue weighted by Gasteiger charge is -2.23. The van der Waals surface area contributed by atoms with Gasteiger partial charge in [0.1, 0.15) is 0 Å². The predicted octanol–water partition coefficient (Wildman–Crippen LogP) is 2.18. The molecule has 3 rings (SSSR count). The molecule has 1 aliphatic heterocycles. The number of piperidine rings is 1. The minimum absolute atomic E-state index is 0.0101. The number of nitrogens with zero attached hydrogens (tertiary/aromatic N) is 3. The second-order valence-electron chi connectivity index (χ2n) is 7.13. The Kier molecular flexibility index (Phi) is 6.76. The largest absolute Gasteiger partial charge is 0.347 e. The van der Waals surface area contributed by atoms with E-state index in [2.05, 4.69) is 26.3 Å². The van der Waals surface area contributed by atoms with Gasteiger partial charge in [0.05, 0.1) is 11.7 Å². The summed E-state index contributed by atoms with van der Waals surface area (Å²) in [5.41, 5.74) is 2.89. The van der Waals surface area contributed by atoms with Crippen LogP contribution in [0.25, 0.3) is 0 Å². The second-order valence-corrected chi connectivity index (χ2v) is 7.13. The molecule has 0 unspecified atom stereocenters. The van der Waals surface area contributed by atoms with Gasteiger partial charge in [0, 0.05) is 18.7 Å². The van der Waals surface area contributed by atoms with Crippen molar-refractivity contribution in [1.29, 1.82) is 0 Å². The van der Waals surface area contributed by atoms with Crippen molar-refractivity contribution in [3.05, 3.63) is 41.2 Å². The number of benzene rings is 1. The molecule has 0 radical (unpaired) electrons. The molecule has 2 amide bonds. The summed E-state index contributed by atoms with van der Waals surface area (Å²) in [4.78, 5) is 24.2. The van der Waals surface area contributed by atoms with E-state index in [1.54, 1.807) is 0 Å². The van der Waals surface area contributed by atoms with E-state index in [0.29, 0.717) is 24.7 Å². The lowest BCUT2D eigenvalue weighted by molar-refractivity contribution is -0.116. The van der Waals surface area contributed by atoms with Gasteiger partial charge in [-0.1, -0.05) is 24.3 Å². The van der Waals surface area contributed by atoms with Crippen LogP contribution in [0.3, 0.4) is 0 Å². The van der Waals surface area contributed by atoms with E-state index in [-0.39, 0.29) is 11.8 Å². The Hall–Kier alpha value is -2.74. The molecule has 150 valence electrons. The van der Waals surface area contributed by atoms with Crippen LogP contribution >= 0.6 is 0 Å². The van der Waals surface area contributed by atoms with Crippen molar-refractivity contribution in [3.63, 3.8) is 0 Å². The van der Waals surface area contributed by atoms with Crippen molar-refractivity contribution in [1.82, 2.24) is 25.6 Å². The van der Waals surface area contributed by atoms with Crippen LogP contribution in [-0.4, -0.2) is 39.9 Å². The molecule has 1 aromatic carbocycles. The first-order valence-electron chi connectivity index (χ1n) is 9.88. The zero-order chi connectivity index (χ0) is 19.9. The summed E-state index contributed by atoms with van der Waals surface area (Å²) in [6.07, 6.45) is 3.31. The normalized spacial score (nSPS) is 14.6. The number of rotatable bonds is 7. The molecule has 0 bridgehead atoms. The highest BCUT2D eigenvalue weighted by atomic mass is 16.2. The molecule has 2 aromatic rings. The second kappa shape index (κ2) is 9.45. The summed E-state index contributed by atoms with van der Waals surface area (Å²) in [6, 6.07) is 7.76. The fourth-order valence-corrected chi connectivity index (χ4v) is 3.37. The molecule has 2 heterocycles. The number of carbonyl (C=O) groups excluding carboxylic acids is 2. The van der Waals surface area contributed by atoms with Crippen LogP contribution < -0.4 is 16.0 Å². The van der Waals surface area contributed by atoms with Crippen LogP contribution in [0.4, 0.5) is 5.69 Å². The fourth-order valence-electron chi connectivity index (χ4n) is 3.37. The van der Waals surface area contributed by atoms with Crippen LogP contribution in [0, 0.1) is 6.92 Å². The molecule has 1 aliphatic rings. The fraction of sp³-hybridized carbons (Fsp3) is 0.500. The first kappa shape index (κ1) is 20.0. The molecule has 3 N–H and O–H groups in total. The van der Waals surface area contributed by atoms with Crippen LogP contribution in [0.15, 0.2) is 24.3 Å². The number of aromatic nitrogens is 3. The van der Waals surface area contributed by atoms with Crippen molar-refractivity contribution in [2.24, 2.45) is 0 Å². The van der Waals surface area contributed by atoms with Crippen LogP contribution in [-0.2, 0) is 11.3 Å². The third-order valence-corrected chi connectivity index (χ3v) is 4.96. The van der Waals surface area contributed by atoms with Gasteiger partial charge in [-0.3, -0.25) is 9.59 Å². The molecule has 0 aliphatic carbocycles. The number of anilines is 1. The Morgan fingerprint density at radius 1 is 1.21 bits per heavy atom. The summed E-state index contributed by atoms with van der Waals surface area (Å²) in [5.74, 6) is -0.214. The van der Waals surface area contributed by atoms with E-state index in [0.717, 1.165) is 49.3 Å². The van der Waals surface area contributed by atoms with Crippen LogP contribution in [0.1, 0.15) is 60.4 Å². The van der Waals surface area contributed by atoms with Gasteiger partial charge in [0.2, 0.25) is 5.91 Å². The van der Waals surface area contributed by atoms with Gasteiger partial charge < -0.3 is 16.0 Å². The van der Waals surface area contributed by atoms with E-state index in [1.807, 2.05) is 42.8 Å². The van der Waals surface area contributed by atoms with Crippen LogP contribution in [0.2, 0.25) is 0 Å².